The van der Waals surface area contributed by atoms with Crippen LogP contribution in [0.1, 0.15) is 55.4 Å². The molecule has 0 unspecified atom stereocenters. The zero-order chi connectivity index (χ0) is 18.4. The minimum atomic E-state index is -0.907. The van der Waals surface area contributed by atoms with Gasteiger partial charge >= 0.3 is 14.6 Å². The van der Waals surface area contributed by atoms with E-state index >= 15 is 0 Å². The second kappa shape index (κ2) is 6.17. The van der Waals surface area contributed by atoms with Crippen LogP contribution in [0.25, 0.3) is 0 Å². The van der Waals surface area contributed by atoms with Crippen molar-refractivity contribution in [1.29, 1.82) is 0 Å². The zero-order valence-corrected chi connectivity index (χ0v) is 16.3. The molecule has 0 aromatic heterocycles. The summed E-state index contributed by atoms with van der Waals surface area (Å²) in [5.41, 5.74) is -0.161. The van der Waals surface area contributed by atoms with Crippen molar-refractivity contribution in [3.63, 3.8) is 0 Å². The van der Waals surface area contributed by atoms with Crippen LogP contribution < -0.4 is 10.9 Å². The average Bonchev–Trinajstić information content (AvgIpc) is 2.65. The summed E-state index contributed by atoms with van der Waals surface area (Å²) in [6.07, 6.45) is 0. The molecule has 132 valence electrons. The van der Waals surface area contributed by atoms with Gasteiger partial charge in [0.05, 0.1) is 22.4 Å². The van der Waals surface area contributed by atoms with E-state index in [1.165, 1.54) is 0 Å². The molecule has 1 fully saturated rings. The van der Waals surface area contributed by atoms with Crippen molar-refractivity contribution in [2.75, 3.05) is 0 Å². The third kappa shape index (κ3) is 3.88. The minimum absolute atomic E-state index is 0.337. The van der Waals surface area contributed by atoms with Crippen LogP contribution in [0.4, 0.5) is 0 Å². The molecule has 0 aliphatic carbocycles. The van der Waals surface area contributed by atoms with E-state index in [-0.39, 0.29) is 18.3 Å². The van der Waals surface area contributed by atoms with Crippen molar-refractivity contribution in [2.45, 2.75) is 77.8 Å². The number of hydrogen-bond acceptors (Lipinski definition) is 4. The van der Waals surface area contributed by atoms with E-state index in [1.807, 2.05) is 65.8 Å². The lowest BCUT2D eigenvalue weighted by Gasteiger charge is -2.37. The van der Waals surface area contributed by atoms with Crippen molar-refractivity contribution >= 4 is 25.5 Å². The molecule has 0 spiro atoms. The van der Waals surface area contributed by atoms with Gasteiger partial charge in [0.2, 0.25) is 0 Å². The molecule has 0 bridgehead atoms. The Morgan fingerprint density at radius 2 is 1.42 bits per heavy atom. The van der Waals surface area contributed by atoms with Crippen LogP contribution in [0.5, 0.6) is 0 Å². The highest BCUT2D eigenvalue weighted by Crippen LogP contribution is 2.36. The predicted molar refractivity (Wildman–Crippen MR) is 100 cm³/mol. The molecule has 1 aliphatic heterocycles. The Balaban J connectivity index is 2.02. The largest absolute Gasteiger partial charge is 0.494 e. The van der Waals surface area contributed by atoms with Crippen LogP contribution in [0.2, 0.25) is 0 Å². The quantitative estimate of drug-likeness (QED) is 0.831. The summed E-state index contributed by atoms with van der Waals surface area (Å²) >= 11 is 0. The topological polar surface area (TPSA) is 47.9 Å². The number of hydrogen-bond donors (Lipinski definition) is 1. The van der Waals surface area contributed by atoms with Gasteiger partial charge in [-0.2, -0.15) is 0 Å². The number of benzene rings is 1. The van der Waals surface area contributed by atoms with Crippen molar-refractivity contribution in [3.05, 3.63) is 24.3 Å². The molecular weight excluding hydrogens is 302 g/mol. The number of aliphatic hydroxyl groups is 1. The summed E-state index contributed by atoms with van der Waals surface area (Å²) in [4.78, 5) is 0. The SMILES string of the molecule is CC(C)(O)C(C)(C)OBc1ccc(B2OC(C)(C)C(C)(C)O2)cc1. The van der Waals surface area contributed by atoms with E-state index in [0.29, 0.717) is 7.48 Å². The molecule has 4 nitrogen and oxygen atoms in total. The molecule has 24 heavy (non-hydrogen) atoms. The van der Waals surface area contributed by atoms with E-state index in [2.05, 4.69) is 0 Å². The Morgan fingerprint density at radius 1 is 0.958 bits per heavy atom. The third-order valence-electron chi connectivity index (χ3n) is 5.58. The first kappa shape index (κ1) is 19.5. The third-order valence-corrected chi connectivity index (χ3v) is 5.58. The van der Waals surface area contributed by atoms with Crippen LogP contribution in [-0.2, 0) is 14.0 Å². The standard InChI is InChI=1S/C18H30B2O4/c1-15(2,21)16(3,4)22-19-13-9-11-14(12-10-13)20-23-17(5,6)18(7,8)24-20/h9-12,19,21H,1-8H3. The first-order valence-electron chi connectivity index (χ1n) is 8.56. The molecule has 1 saturated heterocycles. The lowest BCUT2D eigenvalue weighted by Crippen LogP contribution is -2.49. The maximum atomic E-state index is 10.2. The van der Waals surface area contributed by atoms with Gasteiger partial charge in [0, 0.05) is 0 Å². The highest BCUT2D eigenvalue weighted by atomic mass is 16.7. The van der Waals surface area contributed by atoms with E-state index in [1.54, 1.807) is 13.8 Å². The van der Waals surface area contributed by atoms with Gasteiger partial charge in [-0.1, -0.05) is 29.7 Å². The molecule has 1 aliphatic rings. The molecule has 2 rings (SSSR count). The maximum absolute atomic E-state index is 10.2. The molecule has 6 heteroatoms. The summed E-state index contributed by atoms with van der Waals surface area (Å²) in [6, 6.07) is 8.05. The van der Waals surface area contributed by atoms with Gasteiger partial charge in [-0.15, -0.1) is 0 Å². The van der Waals surface area contributed by atoms with Gasteiger partial charge < -0.3 is 19.1 Å². The van der Waals surface area contributed by atoms with E-state index in [9.17, 15) is 5.11 Å². The van der Waals surface area contributed by atoms with E-state index in [4.69, 9.17) is 14.0 Å². The van der Waals surface area contributed by atoms with Crippen molar-refractivity contribution in [2.24, 2.45) is 0 Å². The zero-order valence-electron chi connectivity index (χ0n) is 16.3. The van der Waals surface area contributed by atoms with E-state index in [0.717, 1.165) is 10.9 Å². The summed E-state index contributed by atoms with van der Waals surface area (Å²) < 4.78 is 18.0. The Hall–Kier alpha value is -0.810. The molecule has 0 saturated carbocycles. The summed E-state index contributed by atoms with van der Waals surface area (Å²) in [6.45, 7) is 15.5. The molecular formula is C18H30B2O4. The van der Waals surface area contributed by atoms with Gasteiger partial charge in [0.25, 0.3) is 0 Å². The van der Waals surface area contributed by atoms with Gasteiger partial charge in [-0.05, 0) is 60.9 Å². The first-order chi connectivity index (χ1) is 10.8. The van der Waals surface area contributed by atoms with Crippen molar-refractivity contribution < 1.29 is 19.1 Å². The fourth-order valence-electron chi connectivity index (χ4n) is 2.19. The molecule has 0 atom stereocenters. The molecule has 0 radical (unpaired) electrons. The fraction of sp³-hybridized carbons (Fsp3) is 0.667. The molecule has 0 amide bonds. The summed E-state index contributed by atoms with van der Waals surface area (Å²) in [7, 11) is 0.0958. The maximum Gasteiger partial charge on any atom is 0.494 e. The van der Waals surface area contributed by atoms with Gasteiger partial charge in [-0.25, -0.2) is 0 Å². The average molecular weight is 332 g/mol. The monoisotopic (exact) mass is 332 g/mol. The predicted octanol–water partition coefficient (Wildman–Crippen LogP) is 1.53. The van der Waals surface area contributed by atoms with Gasteiger partial charge in [0.15, 0.2) is 0 Å². The van der Waals surface area contributed by atoms with Crippen LogP contribution in [0.3, 0.4) is 0 Å². The van der Waals surface area contributed by atoms with Crippen LogP contribution >= 0.6 is 0 Å². The normalized spacial score (nSPS) is 20.3. The fourth-order valence-corrected chi connectivity index (χ4v) is 2.19. The van der Waals surface area contributed by atoms with Crippen LogP contribution in [-0.4, -0.2) is 42.1 Å². The van der Waals surface area contributed by atoms with Crippen molar-refractivity contribution in [3.8, 4) is 0 Å². The number of rotatable bonds is 5. The molecule has 1 aromatic carbocycles. The highest BCUT2D eigenvalue weighted by Gasteiger charge is 2.51. The summed E-state index contributed by atoms with van der Waals surface area (Å²) in [5.74, 6) is 0. The summed E-state index contributed by atoms with van der Waals surface area (Å²) in [5, 5.41) is 10.2. The molecule has 1 heterocycles. The van der Waals surface area contributed by atoms with Crippen LogP contribution in [0.15, 0.2) is 24.3 Å². The van der Waals surface area contributed by atoms with E-state index < -0.39 is 11.2 Å². The first-order valence-corrected chi connectivity index (χ1v) is 8.56. The lowest BCUT2D eigenvalue weighted by atomic mass is 9.76. The van der Waals surface area contributed by atoms with Crippen LogP contribution in [0, 0.1) is 0 Å². The lowest BCUT2D eigenvalue weighted by molar-refractivity contribution is -0.0893. The second-order valence-electron chi connectivity index (χ2n) is 8.69. The molecule has 1 aromatic rings. The second-order valence-corrected chi connectivity index (χ2v) is 8.69. The molecule has 1 N–H and O–H groups in total. The van der Waals surface area contributed by atoms with Gasteiger partial charge in [0.1, 0.15) is 0 Å². The highest BCUT2D eigenvalue weighted by molar-refractivity contribution is 6.62. The smallest absolute Gasteiger partial charge is 0.427 e. The van der Waals surface area contributed by atoms with Crippen molar-refractivity contribution in [1.82, 2.24) is 0 Å². The Labute approximate surface area is 147 Å². The van der Waals surface area contributed by atoms with Gasteiger partial charge in [-0.3, -0.25) is 0 Å². The Morgan fingerprint density at radius 3 is 1.83 bits per heavy atom. The Bertz CT molecular complexity index is 558. The minimum Gasteiger partial charge on any atom is -0.427 e. The Kier molecular flexibility index (Phi) is 5.02.